The minimum atomic E-state index is -0.0173. The Bertz CT molecular complexity index is 768. The molecule has 0 saturated carbocycles. The van der Waals surface area contributed by atoms with Crippen molar-refractivity contribution in [2.45, 2.75) is 25.3 Å². The SMILES string of the molecule is CN1CCN([C@H]2CCN(C(=O)c3cn4cccnc4n3)C[C@H]2CCCO)CC1. The molecule has 2 aliphatic heterocycles. The molecule has 0 aliphatic carbocycles. The lowest BCUT2D eigenvalue weighted by Gasteiger charge is -2.46. The molecule has 2 saturated heterocycles. The van der Waals surface area contributed by atoms with Gasteiger partial charge in [-0.25, -0.2) is 9.97 Å². The number of hydrogen-bond donors (Lipinski definition) is 1. The summed E-state index contributed by atoms with van der Waals surface area (Å²) in [4.78, 5) is 28.6. The maximum absolute atomic E-state index is 13.1. The van der Waals surface area contributed by atoms with E-state index in [1.54, 1.807) is 16.8 Å². The van der Waals surface area contributed by atoms with Crippen LogP contribution in [0.4, 0.5) is 0 Å². The molecule has 0 spiro atoms. The zero-order valence-corrected chi connectivity index (χ0v) is 16.6. The van der Waals surface area contributed by atoms with Gasteiger partial charge in [0.2, 0.25) is 5.78 Å². The predicted molar refractivity (Wildman–Crippen MR) is 106 cm³/mol. The Balaban J connectivity index is 1.46. The van der Waals surface area contributed by atoms with Gasteiger partial charge in [-0.15, -0.1) is 0 Å². The molecule has 0 radical (unpaired) electrons. The van der Waals surface area contributed by atoms with Gasteiger partial charge in [0.05, 0.1) is 0 Å². The Morgan fingerprint density at radius 1 is 1.25 bits per heavy atom. The highest BCUT2D eigenvalue weighted by atomic mass is 16.3. The normalized spacial score (nSPS) is 24.7. The highest BCUT2D eigenvalue weighted by Gasteiger charge is 2.36. The average molecular weight is 387 g/mol. The number of hydrogen-bond acceptors (Lipinski definition) is 6. The quantitative estimate of drug-likeness (QED) is 0.810. The minimum absolute atomic E-state index is 0.0173. The number of amides is 1. The molecule has 0 aromatic carbocycles. The van der Waals surface area contributed by atoms with Crippen molar-refractivity contribution in [2.24, 2.45) is 5.92 Å². The monoisotopic (exact) mass is 386 g/mol. The number of piperidine rings is 1. The maximum Gasteiger partial charge on any atom is 0.274 e. The molecular formula is C20H30N6O2. The summed E-state index contributed by atoms with van der Waals surface area (Å²) in [7, 11) is 2.17. The van der Waals surface area contributed by atoms with Crippen molar-refractivity contribution in [3.63, 3.8) is 0 Å². The Hall–Kier alpha value is -2.03. The van der Waals surface area contributed by atoms with Gasteiger partial charge in [-0.1, -0.05) is 0 Å². The zero-order chi connectivity index (χ0) is 19.5. The van der Waals surface area contributed by atoms with Crippen LogP contribution in [-0.4, -0.2) is 99.0 Å². The van der Waals surface area contributed by atoms with E-state index in [0.717, 1.165) is 58.5 Å². The van der Waals surface area contributed by atoms with Crippen LogP contribution in [0.15, 0.2) is 24.7 Å². The number of carbonyl (C=O) groups is 1. The fourth-order valence-corrected chi connectivity index (χ4v) is 4.57. The number of rotatable bonds is 5. The van der Waals surface area contributed by atoms with Crippen molar-refractivity contribution < 1.29 is 9.90 Å². The summed E-state index contributed by atoms with van der Waals surface area (Å²) in [6.07, 6.45) is 8.02. The van der Waals surface area contributed by atoms with Crippen LogP contribution in [0, 0.1) is 5.92 Å². The minimum Gasteiger partial charge on any atom is -0.396 e. The van der Waals surface area contributed by atoms with Crippen molar-refractivity contribution in [1.29, 1.82) is 0 Å². The van der Waals surface area contributed by atoms with Gasteiger partial charge >= 0.3 is 0 Å². The molecule has 4 rings (SSSR count). The first-order valence-corrected chi connectivity index (χ1v) is 10.3. The van der Waals surface area contributed by atoms with Crippen LogP contribution >= 0.6 is 0 Å². The number of imidazole rings is 1. The van der Waals surface area contributed by atoms with Gasteiger partial charge in [-0.05, 0) is 38.3 Å². The molecule has 8 nitrogen and oxygen atoms in total. The van der Waals surface area contributed by atoms with E-state index in [9.17, 15) is 9.90 Å². The smallest absolute Gasteiger partial charge is 0.274 e. The summed E-state index contributed by atoms with van der Waals surface area (Å²) in [6, 6.07) is 2.32. The van der Waals surface area contributed by atoms with Crippen LogP contribution in [0.3, 0.4) is 0 Å². The fourth-order valence-electron chi connectivity index (χ4n) is 4.57. The highest BCUT2D eigenvalue weighted by Crippen LogP contribution is 2.28. The Morgan fingerprint density at radius 3 is 2.82 bits per heavy atom. The van der Waals surface area contributed by atoms with Crippen molar-refractivity contribution in [1.82, 2.24) is 29.1 Å². The second-order valence-electron chi connectivity index (χ2n) is 8.03. The van der Waals surface area contributed by atoms with Crippen LogP contribution in [0.2, 0.25) is 0 Å². The molecule has 1 amide bonds. The van der Waals surface area contributed by atoms with Crippen LogP contribution in [0.25, 0.3) is 5.78 Å². The molecule has 28 heavy (non-hydrogen) atoms. The third-order valence-electron chi connectivity index (χ3n) is 6.18. The highest BCUT2D eigenvalue weighted by molar-refractivity contribution is 5.92. The van der Waals surface area contributed by atoms with Gasteiger partial charge < -0.3 is 14.9 Å². The number of nitrogens with zero attached hydrogens (tertiary/aromatic N) is 6. The lowest BCUT2D eigenvalue weighted by molar-refractivity contribution is 0.0215. The van der Waals surface area contributed by atoms with E-state index in [4.69, 9.17) is 0 Å². The number of likely N-dealkylation sites (tertiary alicyclic amines) is 1. The van der Waals surface area contributed by atoms with Crippen molar-refractivity contribution in [3.8, 4) is 0 Å². The Kier molecular flexibility index (Phi) is 5.89. The van der Waals surface area contributed by atoms with E-state index in [-0.39, 0.29) is 12.5 Å². The maximum atomic E-state index is 13.1. The topological polar surface area (TPSA) is 77.2 Å². The van der Waals surface area contributed by atoms with E-state index in [2.05, 4.69) is 26.8 Å². The Labute approximate surface area is 165 Å². The summed E-state index contributed by atoms with van der Waals surface area (Å²) < 4.78 is 1.79. The van der Waals surface area contributed by atoms with Crippen LogP contribution in [-0.2, 0) is 0 Å². The third kappa shape index (κ3) is 4.04. The van der Waals surface area contributed by atoms with E-state index in [1.165, 1.54) is 0 Å². The number of aromatic nitrogens is 3. The summed E-state index contributed by atoms with van der Waals surface area (Å²) in [5.41, 5.74) is 0.456. The third-order valence-corrected chi connectivity index (χ3v) is 6.18. The number of aliphatic hydroxyl groups is 1. The number of piperazine rings is 1. The first-order chi connectivity index (χ1) is 13.7. The summed E-state index contributed by atoms with van der Waals surface area (Å²) in [5, 5.41) is 9.34. The van der Waals surface area contributed by atoms with E-state index in [0.29, 0.717) is 23.4 Å². The molecule has 152 valence electrons. The fraction of sp³-hybridized carbons (Fsp3) is 0.650. The van der Waals surface area contributed by atoms with Crippen LogP contribution in [0.5, 0.6) is 0 Å². The molecule has 1 N–H and O–H groups in total. The summed E-state index contributed by atoms with van der Waals surface area (Å²) in [6.45, 7) is 6.06. The van der Waals surface area contributed by atoms with Crippen molar-refractivity contribution >= 4 is 11.7 Å². The molecule has 4 heterocycles. The lowest BCUT2D eigenvalue weighted by Crippen LogP contribution is -2.57. The van der Waals surface area contributed by atoms with Crippen LogP contribution < -0.4 is 0 Å². The molecule has 0 unspecified atom stereocenters. The second-order valence-corrected chi connectivity index (χ2v) is 8.03. The van der Waals surface area contributed by atoms with Gasteiger partial charge in [-0.3, -0.25) is 14.1 Å². The first-order valence-electron chi connectivity index (χ1n) is 10.3. The molecule has 2 aromatic rings. The average Bonchev–Trinajstić information content (AvgIpc) is 3.16. The largest absolute Gasteiger partial charge is 0.396 e. The van der Waals surface area contributed by atoms with Gasteiger partial charge in [0.25, 0.3) is 5.91 Å². The second kappa shape index (κ2) is 8.55. The predicted octanol–water partition coefficient (Wildman–Crippen LogP) is 0.580. The number of carbonyl (C=O) groups excluding carboxylic acids is 1. The molecule has 8 heteroatoms. The molecule has 2 aromatic heterocycles. The van der Waals surface area contributed by atoms with Crippen LogP contribution in [0.1, 0.15) is 29.8 Å². The molecule has 2 fully saturated rings. The first kappa shape index (κ1) is 19.3. The Morgan fingerprint density at radius 2 is 2.07 bits per heavy atom. The van der Waals surface area contributed by atoms with Crippen molar-refractivity contribution in [2.75, 3.05) is 52.9 Å². The zero-order valence-electron chi connectivity index (χ0n) is 16.6. The summed E-state index contributed by atoms with van der Waals surface area (Å²) in [5.74, 6) is 0.926. The lowest BCUT2D eigenvalue weighted by atomic mass is 9.86. The van der Waals surface area contributed by atoms with Gasteiger partial charge in [0.15, 0.2) is 0 Å². The molecule has 2 aliphatic rings. The number of aliphatic hydroxyl groups excluding tert-OH is 1. The molecule has 0 bridgehead atoms. The van der Waals surface area contributed by atoms with Gasteiger partial charge in [0.1, 0.15) is 5.69 Å². The number of likely N-dealkylation sites (N-methyl/N-ethyl adjacent to an activating group) is 1. The van der Waals surface area contributed by atoms with E-state index >= 15 is 0 Å². The standard InChI is InChI=1S/C20H30N6O2/c1-23-9-11-24(12-10-23)18-5-8-25(14-16(18)4-2-13-27)19(28)17-15-26-7-3-6-21-20(26)22-17/h3,6-7,15-16,18,27H,2,4-5,8-14H2,1H3/t16-,18+/m1/s1. The van der Waals surface area contributed by atoms with E-state index in [1.807, 2.05) is 17.2 Å². The van der Waals surface area contributed by atoms with E-state index < -0.39 is 0 Å². The molecule has 2 atom stereocenters. The number of fused-ring (bicyclic) bond motifs is 1. The van der Waals surface area contributed by atoms with Gasteiger partial charge in [0, 0.05) is 70.5 Å². The summed E-state index contributed by atoms with van der Waals surface area (Å²) >= 11 is 0. The molecular weight excluding hydrogens is 356 g/mol. The van der Waals surface area contributed by atoms with Gasteiger partial charge in [-0.2, -0.15) is 0 Å². The van der Waals surface area contributed by atoms with Crippen molar-refractivity contribution in [3.05, 3.63) is 30.4 Å².